The molecular weight excluding hydrogens is 318 g/mol. The Labute approximate surface area is 133 Å². The fraction of sp³-hybridized carbons (Fsp3) is 0.143. The molecule has 1 N–H and O–H groups in total. The van der Waals surface area contributed by atoms with E-state index < -0.39 is 0 Å². The molecule has 6 nitrogen and oxygen atoms in total. The van der Waals surface area contributed by atoms with Crippen molar-refractivity contribution in [1.82, 2.24) is 19.5 Å². The Morgan fingerprint density at radius 3 is 2.64 bits per heavy atom. The lowest BCUT2D eigenvalue weighted by Gasteiger charge is -2.00. The lowest BCUT2D eigenvalue weighted by molar-refractivity contribution is 0.101. The second-order valence-corrected chi connectivity index (χ2v) is 7.03. The predicted octanol–water partition coefficient (Wildman–Crippen LogP) is 3.20. The van der Waals surface area contributed by atoms with E-state index in [9.17, 15) is 4.79 Å². The van der Waals surface area contributed by atoms with Crippen LogP contribution in [-0.2, 0) is 7.05 Å². The molecule has 0 aliphatic carbocycles. The fourth-order valence-corrected chi connectivity index (χ4v) is 4.28. The fourth-order valence-electron chi connectivity index (χ4n) is 2.28. The number of nitrogens with zero attached hydrogens (tertiary/aromatic N) is 4. The Kier molecular flexibility index (Phi) is 2.95. The van der Waals surface area contributed by atoms with Crippen molar-refractivity contribution < 1.29 is 4.79 Å². The molecule has 8 heteroatoms. The lowest BCUT2D eigenvalue weighted by atomic mass is 10.3. The van der Waals surface area contributed by atoms with E-state index in [2.05, 4.69) is 20.3 Å². The smallest absolute Gasteiger partial charge is 0.293 e. The minimum Gasteiger partial charge on any atom is -0.330 e. The number of imidazole rings is 1. The molecule has 0 bridgehead atoms. The second-order valence-electron chi connectivity index (χ2n) is 4.83. The number of fused-ring (bicyclic) bond motifs is 3. The number of aryl methyl sites for hydroxylation is 2. The molecule has 0 spiro atoms. The van der Waals surface area contributed by atoms with Gasteiger partial charge in [0.2, 0.25) is 0 Å². The van der Waals surface area contributed by atoms with E-state index in [0.29, 0.717) is 11.0 Å². The average Bonchev–Trinajstić information content (AvgIpc) is 3.14. The van der Waals surface area contributed by atoms with Crippen LogP contribution in [0.25, 0.3) is 20.4 Å². The van der Waals surface area contributed by atoms with E-state index in [0.717, 1.165) is 25.4 Å². The van der Waals surface area contributed by atoms with Crippen LogP contribution in [-0.4, -0.2) is 25.4 Å². The molecule has 0 saturated carbocycles. The highest BCUT2D eigenvalue weighted by molar-refractivity contribution is 7.28. The van der Waals surface area contributed by atoms with Crippen molar-refractivity contribution in [2.75, 3.05) is 5.32 Å². The lowest BCUT2D eigenvalue weighted by Crippen LogP contribution is -2.16. The number of rotatable bonds is 2. The van der Waals surface area contributed by atoms with Crippen LogP contribution in [0.4, 0.5) is 5.13 Å². The Hall–Kier alpha value is -2.32. The molecule has 4 aromatic rings. The Balaban J connectivity index is 1.75. The largest absolute Gasteiger partial charge is 0.330 e. The Bertz CT molecular complexity index is 1010. The van der Waals surface area contributed by atoms with Gasteiger partial charge < -0.3 is 4.57 Å². The Morgan fingerprint density at radius 1 is 1.18 bits per heavy atom. The zero-order valence-electron chi connectivity index (χ0n) is 11.8. The summed E-state index contributed by atoms with van der Waals surface area (Å²) in [6.07, 6.45) is 3.33. The Morgan fingerprint density at radius 2 is 1.91 bits per heavy atom. The van der Waals surface area contributed by atoms with E-state index in [-0.39, 0.29) is 5.91 Å². The van der Waals surface area contributed by atoms with Crippen molar-refractivity contribution in [3.8, 4) is 0 Å². The topological polar surface area (TPSA) is 72.7 Å². The van der Waals surface area contributed by atoms with Gasteiger partial charge in [0.1, 0.15) is 0 Å². The second kappa shape index (κ2) is 4.85. The quantitative estimate of drug-likeness (QED) is 0.613. The summed E-state index contributed by atoms with van der Waals surface area (Å²) in [4.78, 5) is 25.2. The zero-order valence-corrected chi connectivity index (χ0v) is 13.5. The van der Waals surface area contributed by atoms with E-state index in [4.69, 9.17) is 0 Å². The molecule has 3 aromatic heterocycles. The molecule has 1 amide bonds. The maximum atomic E-state index is 12.2. The molecule has 0 unspecified atom stereocenters. The summed E-state index contributed by atoms with van der Waals surface area (Å²) in [5.41, 5.74) is 1.84. The number of anilines is 1. The van der Waals surface area contributed by atoms with Gasteiger partial charge in [-0.1, -0.05) is 11.3 Å². The van der Waals surface area contributed by atoms with E-state index in [1.54, 1.807) is 35.3 Å². The first kappa shape index (κ1) is 13.4. The summed E-state index contributed by atoms with van der Waals surface area (Å²) in [5.74, 6) is 0.0984. The first-order chi connectivity index (χ1) is 10.6. The third kappa shape index (κ3) is 2.08. The number of carbonyl (C=O) groups excluding carboxylic acids is 1. The standard InChI is InChI=1S/C14H11N5OS2/c1-7-16-8-3-4-9-11(10(8)21-7)22-14(17-9)18-13(20)12-15-5-6-19(12)2/h3-6H,1-2H3,(H,17,18,20). The summed E-state index contributed by atoms with van der Waals surface area (Å²) in [7, 11) is 1.78. The van der Waals surface area contributed by atoms with Crippen molar-refractivity contribution in [2.45, 2.75) is 6.92 Å². The third-order valence-corrected chi connectivity index (χ3v) is 5.40. The molecule has 0 aliphatic heterocycles. The van der Waals surface area contributed by atoms with Gasteiger partial charge in [0.05, 0.1) is 25.4 Å². The molecule has 0 saturated heterocycles. The molecule has 1 aromatic carbocycles. The molecule has 0 atom stereocenters. The highest BCUT2D eigenvalue weighted by Crippen LogP contribution is 2.35. The normalized spacial score (nSPS) is 11.4. The summed E-state index contributed by atoms with van der Waals surface area (Å²) >= 11 is 3.11. The molecule has 0 aliphatic rings. The van der Waals surface area contributed by atoms with Crippen LogP contribution >= 0.6 is 22.7 Å². The molecule has 22 heavy (non-hydrogen) atoms. The van der Waals surface area contributed by atoms with Crippen molar-refractivity contribution in [1.29, 1.82) is 0 Å². The van der Waals surface area contributed by atoms with Crippen LogP contribution in [0.15, 0.2) is 24.5 Å². The number of hydrogen-bond donors (Lipinski definition) is 1. The van der Waals surface area contributed by atoms with Crippen LogP contribution in [0, 0.1) is 6.92 Å². The van der Waals surface area contributed by atoms with Crippen molar-refractivity contribution >= 4 is 54.1 Å². The van der Waals surface area contributed by atoms with Crippen LogP contribution in [0.5, 0.6) is 0 Å². The molecular formula is C14H11N5OS2. The number of hydrogen-bond acceptors (Lipinski definition) is 6. The minimum atomic E-state index is -0.261. The van der Waals surface area contributed by atoms with Gasteiger partial charge in [0.25, 0.3) is 5.91 Å². The number of carbonyl (C=O) groups is 1. The minimum absolute atomic E-state index is 0.261. The first-order valence-corrected chi connectivity index (χ1v) is 8.20. The third-order valence-electron chi connectivity index (χ3n) is 3.26. The van der Waals surface area contributed by atoms with Crippen LogP contribution in [0.1, 0.15) is 15.6 Å². The van der Waals surface area contributed by atoms with Gasteiger partial charge in [-0.3, -0.25) is 10.1 Å². The van der Waals surface area contributed by atoms with E-state index in [1.165, 1.54) is 11.3 Å². The monoisotopic (exact) mass is 329 g/mol. The number of nitrogens with one attached hydrogen (secondary N) is 1. The van der Waals surface area contributed by atoms with Gasteiger partial charge in [0, 0.05) is 19.4 Å². The SMILES string of the molecule is Cc1nc2ccc3nc(NC(=O)c4nccn4C)sc3c2s1. The summed E-state index contributed by atoms with van der Waals surface area (Å²) < 4.78 is 3.84. The van der Waals surface area contributed by atoms with Gasteiger partial charge in [-0.2, -0.15) is 0 Å². The van der Waals surface area contributed by atoms with Gasteiger partial charge in [-0.15, -0.1) is 11.3 Å². The molecule has 4 rings (SSSR count). The molecule has 0 radical (unpaired) electrons. The maximum absolute atomic E-state index is 12.2. The maximum Gasteiger partial charge on any atom is 0.293 e. The molecule has 3 heterocycles. The zero-order chi connectivity index (χ0) is 15.3. The molecule has 110 valence electrons. The average molecular weight is 329 g/mol. The van der Waals surface area contributed by atoms with Crippen LogP contribution in [0.2, 0.25) is 0 Å². The van der Waals surface area contributed by atoms with E-state index >= 15 is 0 Å². The van der Waals surface area contributed by atoms with Gasteiger partial charge >= 0.3 is 0 Å². The summed E-state index contributed by atoms with van der Waals surface area (Å²) in [6.45, 7) is 1.99. The number of benzene rings is 1. The van der Waals surface area contributed by atoms with Crippen molar-refractivity contribution in [2.24, 2.45) is 7.05 Å². The number of amides is 1. The van der Waals surface area contributed by atoms with Crippen LogP contribution in [0.3, 0.4) is 0 Å². The van der Waals surface area contributed by atoms with Crippen molar-refractivity contribution in [3.63, 3.8) is 0 Å². The highest BCUT2D eigenvalue weighted by atomic mass is 32.1. The predicted molar refractivity (Wildman–Crippen MR) is 88.7 cm³/mol. The van der Waals surface area contributed by atoms with Crippen molar-refractivity contribution in [3.05, 3.63) is 35.4 Å². The summed E-state index contributed by atoms with van der Waals surface area (Å²) in [5, 5.41) is 4.41. The number of thiazole rings is 2. The highest BCUT2D eigenvalue weighted by Gasteiger charge is 2.15. The summed E-state index contributed by atoms with van der Waals surface area (Å²) in [6, 6.07) is 3.90. The van der Waals surface area contributed by atoms with Gasteiger partial charge in [-0.05, 0) is 19.1 Å². The number of aromatic nitrogens is 4. The first-order valence-electron chi connectivity index (χ1n) is 6.57. The molecule has 0 fully saturated rings. The van der Waals surface area contributed by atoms with Gasteiger partial charge in [-0.25, -0.2) is 15.0 Å². The van der Waals surface area contributed by atoms with Gasteiger partial charge in [0.15, 0.2) is 11.0 Å². The van der Waals surface area contributed by atoms with Crippen LogP contribution < -0.4 is 5.32 Å². The van der Waals surface area contributed by atoms with E-state index in [1.807, 2.05) is 19.1 Å².